The van der Waals surface area contributed by atoms with E-state index in [2.05, 4.69) is 0 Å². The summed E-state index contributed by atoms with van der Waals surface area (Å²) in [7, 11) is 0. The number of hydrogen-bond donors (Lipinski definition) is 1. The van der Waals surface area contributed by atoms with Gasteiger partial charge in [0, 0.05) is 5.92 Å². The topological polar surface area (TPSA) is 20.2 Å². The summed E-state index contributed by atoms with van der Waals surface area (Å²) < 4.78 is 0. The van der Waals surface area contributed by atoms with Gasteiger partial charge in [0.15, 0.2) is 0 Å². The molecule has 3 rings (SSSR count). The molecule has 14 heavy (non-hydrogen) atoms. The zero-order valence-corrected chi connectivity index (χ0v) is 8.84. The minimum Gasteiger partial charge on any atom is -0.392 e. The summed E-state index contributed by atoms with van der Waals surface area (Å²) in [6.07, 6.45) is 10.5. The van der Waals surface area contributed by atoms with Crippen molar-refractivity contribution < 1.29 is 5.11 Å². The highest BCUT2D eigenvalue weighted by atomic mass is 16.3. The normalized spacial score (nSPS) is 42.2. The Morgan fingerprint density at radius 3 is 2.79 bits per heavy atom. The average molecular weight is 192 g/mol. The average Bonchev–Trinajstić information content (AvgIpc) is 2.18. The molecule has 1 nitrogen and oxygen atoms in total. The van der Waals surface area contributed by atoms with E-state index >= 15 is 0 Å². The van der Waals surface area contributed by atoms with Crippen LogP contribution in [-0.4, -0.2) is 11.2 Å². The van der Waals surface area contributed by atoms with Gasteiger partial charge in [0.25, 0.3) is 0 Å². The number of rotatable bonds is 0. The molecule has 0 amide bonds. The van der Waals surface area contributed by atoms with Crippen molar-refractivity contribution in [2.45, 2.75) is 57.5 Å². The van der Waals surface area contributed by atoms with E-state index in [0.29, 0.717) is 11.8 Å². The van der Waals surface area contributed by atoms with Crippen LogP contribution in [0, 0.1) is 11.8 Å². The molecule has 2 bridgehead atoms. The van der Waals surface area contributed by atoms with Crippen LogP contribution in [0.5, 0.6) is 0 Å². The van der Waals surface area contributed by atoms with Crippen molar-refractivity contribution in [2.75, 3.05) is 0 Å². The first-order valence-electron chi connectivity index (χ1n) is 6.25. The van der Waals surface area contributed by atoms with Gasteiger partial charge in [-0.1, -0.05) is 17.6 Å². The number of hydrogen-bond acceptors (Lipinski definition) is 1. The van der Waals surface area contributed by atoms with E-state index in [1.165, 1.54) is 51.4 Å². The van der Waals surface area contributed by atoms with Gasteiger partial charge in [-0.25, -0.2) is 0 Å². The third-order valence-electron chi connectivity index (χ3n) is 4.57. The molecule has 0 aromatic carbocycles. The molecule has 0 saturated heterocycles. The molecule has 3 aliphatic carbocycles. The Labute approximate surface area is 86.2 Å². The number of allylic oxidation sites excluding steroid dienone is 1. The fourth-order valence-electron chi connectivity index (χ4n) is 3.86. The van der Waals surface area contributed by atoms with Crippen molar-refractivity contribution in [1.82, 2.24) is 0 Å². The van der Waals surface area contributed by atoms with Crippen molar-refractivity contribution in [1.29, 1.82) is 0 Å². The van der Waals surface area contributed by atoms with E-state index in [-0.39, 0.29) is 6.10 Å². The smallest absolute Gasteiger partial charge is 0.0636 e. The molecule has 1 saturated carbocycles. The van der Waals surface area contributed by atoms with Crippen molar-refractivity contribution in [3.8, 4) is 0 Å². The molecule has 3 unspecified atom stereocenters. The maximum atomic E-state index is 10.2. The largest absolute Gasteiger partial charge is 0.392 e. The Morgan fingerprint density at radius 2 is 1.86 bits per heavy atom. The molecule has 1 heteroatoms. The van der Waals surface area contributed by atoms with E-state index in [0.717, 1.165) is 0 Å². The van der Waals surface area contributed by atoms with Gasteiger partial charge >= 0.3 is 0 Å². The second kappa shape index (κ2) is 3.37. The maximum Gasteiger partial charge on any atom is 0.0636 e. The maximum absolute atomic E-state index is 10.2. The highest BCUT2D eigenvalue weighted by Crippen LogP contribution is 2.47. The number of aliphatic hydroxyl groups is 1. The molecule has 3 atom stereocenters. The van der Waals surface area contributed by atoms with E-state index in [1.54, 1.807) is 11.1 Å². The Hall–Kier alpha value is -0.300. The molecule has 1 N–H and O–H groups in total. The van der Waals surface area contributed by atoms with Gasteiger partial charge in [-0.2, -0.15) is 0 Å². The third kappa shape index (κ3) is 1.25. The van der Waals surface area contributed by atoms with Gasteiger partial charge in [0.1, 0.15) is 0 Å². The predicted molar refractivity (Wildman–Crippen MR) is 56.9 cm³/mol. The molecule has 78 valence electrons. The van der Waals surface area contributed by atoms with E-state index < -0.39 is 0 Å². The van der Waals surface area contributed by atoms with Crippen molar-refractivity contribution in [3.05, 3.63) is 11.1 Å². The molecule has 0 spiro atoms. The minimum absolute atomic E-state index is 0.0144. The van der Waals surface area contributed by atoms with Gasteiger partial charge < -0.3 is 5.11 Å². The highest BCUT2D eigenvalue weighted by Gasteiger charge is 2.39. The molecule has 1 fully saturated rings. The molecule has 0 aliphatic heterocycles. The second-order valence-electron chi connectivity index (χ2n) is 5.33. The van der Waals surface area contributed by atoms with Gasteiger partial charge in [0.2, 0.25) is 0 Å². The first kappa shape index (κ1) is 8.96. The van der Waals surface area contributed by atoms with E-state index in [4.69, 9.17) is 0 Å². The summed E-state index contributed by atoms with van der Waals surface area (Å²) >= 11 is 0. The van der Waals surface area contributed by atoms with Gasteiger partial charge in [-0.05, 0) is 50.9 Å². The standard InChI is InChI=1S/C13H20O/c14-13-10-5-3-7-12(13)11-6-2-1-4-9(11)8-10/h10,12-14H,1-8H2. The first-order valence-corrected chi connectivity index (χ1v) is 6.25. The summed E-state index contributed by atoms with van der Waals surface area (Å²) in [4.78, 5) is 0. The first-order chi connectivity index (χ1) is 6.86. The molecule has 0 aromatic heterocycles. The Balaban J connectivity index is 1.95. The van der Waals surface area contributed by atoms with Crippen LogP contribution < -0.4 is 0 Å². The lowest BCUT2D eigenvalue weighted by molar-refractivity contribution is 0.0195. The lowest BCUT2D eigenvalue weighted by Gasteiger charge is -2.44. The summed E-state index contributed by atoms with van der Waals surface area (Å²) in [5.74, 6) is 1.18. The fourth-order valence-corrected chi connectivity index (χ4v) is 3.86. The summed E-state index contributed by atoms with van der Waals surface area (Å²) in [6, 6.07) is 0. The van der Waals surface area contributed by atoms with Gasteiger partial charge in [-0.3, -0.25) is 0 Å². The molecule has 0 radical (unpaired) electrons. The van der Waals surface area contributed by atoms with Crippen LogP contribution in [0.15, 0.2) is 11.1 Å². The summed E-state index contributed by atoms with van der Waals surface area (Å²) in [5, 5.41) is 10.2. The Morgan fingerprint density at radius 1 is 1.00 bits per heavy atom. The monoisotopic (exact) mass is 192 g/mol. The Kier molecular flexibility index (Phi) is 2.16. The Bertz CT molecular complexity index is 266. The SMILES string of the molecule is OC1C2CCCC1C1=C(CCCC1)C2. The van der Waals surface area contributed by atoms with E-state index in [9.17, 15) is 5.11 Å². The molecule has 3 aliphatic rings. The third-order valence-corrected chi connectivity index (χ3v) is 4.57. The van der Waals surface area contributed by atoms with Crippen LogP contribution in [0.4, 0.5) is 0 Å². The highest BCUT2D eigenvalue weighted by molar-refractivity contribution is 5.26. The van der Waals surface area contributed by atoms with Crippen LogP contribution in [-0.2, 0) is 0 Å². The van der Waals surface area contributed by atoms with E-state index in [1.807, 2.05) is 0 Å². The molecular formula is C13H20O. The van der Waals surface area contributed by atoms with Crippen LogP contribution in [0.25, 0.3) is 0 Å². The summed E-state index contributed by atoms with van der Waals surface area (Å²) in [5.41, 5.74) is 3.43. The van der Waals surface area contributed by atoms with Crippen LogP contribution >= 0.6 is 0 Å². The molecule has 0 heterocycles. The zero-order chi connectivity index (χ0) is 9.54. The van der Waals surface area contributed by atoms with Crippen molar-refractivity contribution in [2.24, 2.45) is 11.8 Å². The lowest BCUT2D eigenvalue weighted by atomic mass is 9.64. The van der Waals surface area contributed by atoms with Crippen LogP contribution in [0.1, 0.15) is 51.4 Å². The quantitative estimate of drug-likeness (QED) is 0.585. The van der Waals surface area contributed by atoms with Crippen molar-refractivity contribution >= 4 is 0 Å². The zero-order valence-electron chi connectivity index (χ0n) is 8.84. The number of fused-ring (bicyclic) bond motifs is 3. The molecular weight excluding hydrogens is 172 g/mol. The lowest BCUT2D eigenvalue weighted by Crippen LogP contribution is -2.39. The molecule has 0 aromatic rings. The van der Waals surface area contributed by atoms with Gasteiger partial charge in [0.05, 0.1) is 6.10 Å². The van der Waals surface area contributed by atoms with Crippen LogP contribution in [0.2, 0.25) is 0 Å². The predicted octanol–water partition coefficient (Wildman–Crippen LogP) is 3.04. The minimum atomic E-state index is 0.0144. The van der Waals surface area contributed by atoms with Gasteiger partial charge in [-0.15, -0.1) is 0 Å². The van der Waals surface area contributed by atoms with Crippen molar-refractivity contribution in [3.63, 3.8) is 0 Å². The number of aliphatic hydroxyl groups excluding tert-OH is 1. The fraction of sp³-hybridized carbons (Fsp3) is 0.846. The second-order valence-corrected chi connectivity index (χ2v) is 5.33. The van der Waals surface area contributed by atoms with Crippen LogP contribution in [0.3, 0.4) is 0 Å². The summed E-state index contributed by atoms with van der Waals surface area (Å²) in [6.45, 7) is 0.